The monoisotopic (exact) mass is 446 g/mol. The van der Waals surface area contributed by atoms with Crippen molar-refractivity contribution in [3.63, 3.8) is 0 Å². The molecule has 2 rings (SSSR count). The van der Waals surface area contributed by atoms with Gasteiger partial charge in [-0.3, -0.25) is 9.59 Å². The summed E-state index contributed by atoms with van der Waals surface area (Å²) in [6.07, 6.45) is 1.43. The highest BCUT2D eigenvalue weighted by molar-refractivity contribution is 7.99. The molecule has 0 aliphatic carbocycles. The van der Waals surface area contributed by atoms with Crippen molar-refractivity contribution in [2.75, 3.05) is 12.3 Å². The molecule has 0 aromatic heterocycles. The average Bonchev–Trinajstić information content (AvgIpc) is 2.73. The highest BCUT2D eigenvalue weighted by Crippen LogP contribution is 2.19. The topological polar surface area (TPSA) is 49.4 Å². The van der Waals surface area contributed by atoms with Gasteiger partial charge in [-0.1, -0.05) is 67.4 Å². The van der Waals surface area contributed by atoms with E-state index in [2.05, 4.69) is 30.4 Å². The van der Waals surface area contributed by atoms with Crippen molar-refractivity contribution in [2.45, 2.75) is 52.0 Å². The van der Waals surface area contributed by atoms with E-state index in [9.17, 15) is 9.59 Å². The lowest BCUT2D eigenvalue weighted by atomic mass is 10.1. The molecule has 2 aromatic carbocycles. The number of benzene rings is 2. The maximum absolute atomic E-state index is 13.1. The number of aryl methyl sites for hydroxylation is 1. The Hall–Kier alpha value is -1.98. The molecule has 6 heteroatoms. The molecule has 0 radical (unpaired) electrons. The fourth-order valence-corrected chi connectivity index (χ4v) is 4.20. The van der Waals surface area contributed by atoms with Crippen LogP contribution in [-0.4, -0.2) is 35.1 Å². The van der Waals surface area contributed by atoms with Crippen molar-refractivity contribution in [3.05, 3.63) is 70.2 Å². The summed E-state index contributed by atoms with van der Waals surface area (Å²) in [7, 11) is 0. The fraction of sp³-hybridized carbons (Fsp3) is 0.417. The summed E-state index contributed by atoms with van der Waals surface area (Å²) < 4.78 is 0. The predicted octanol–water partition coefficient (Wildman–Crippen LogP) is 5.22. The molecule has 0 aliphatic heterocycles. The van der Waals surface area contributed by atoms with E-state index in [4.69, 9.17) is 11.6 Å². The molecule has 0 bridgehead atoms. The largest absolute Gasteiger partial charge is 0.354 e. The number of carbonyl (C=O) groups excluding carboxylic acids is 2. The lowest BCUT2D eigenvalue weighted by molar-refractivity contribution is -0.139. The minimum Gasteiger partial charge on any atom is -0.354 e. The first-order valence-corrected chi connectivity index (χ1v) is 11.9. The van der Waals surface area contributed by atoms with Gasteiger partial charge in [-0.25, -0.2) is 0 Å². The minimum absolute atomic E-state index is 0.0268. The second kappa shape index (κ2) is 12.7. The number of nitrogens with one attached hydrogen (secondary N) is 1. The summed E-state index contributed by atoms with van der Waals surface area (Å²) in [5.74, 6) is 0.978. The minimum atomic E-state index is -0.487. The third-order valence-corrected chi connectivity index (χ3v) is 6.02. The Labute approximate surface area is 189 Å². The van der Waals surface area contributed by atoms with Gasteiger partial charge in [-0.15, -0.1) is 11.8 Å². The van der Waals surface area contributed by atoms with E-state index in [1.165, 1.54) is 11.1 Å². The molecule has 162 valence electrons. The van der Waals surface area contributed by atoms with Gasteiger partial charge in [-0.05, 0) is 43.0 Å². The van der Waals surface area contributed by atoms with Crippen LogP contribution in [0.15, 0.2) is 48.5 Å². The molecule has 0 saturated carbocycles. The molecule has 2 amide bonds. The van der Waals surface area contributed by atoms with Crippen molar-refractivity contribution >= 4 is 35.2 Å². The van der Waals surface area contributed by atoms with E-state index in [1.807, 2.05) is 44.2 Å². The van der Waals surface area contributed by atoms with Gasteiger partial charge in [0.2, 0.25) is 11.8 Å². The van der Waals surface area contributed by atoms with Crippen molar-refractivity contribution in [1.82, 2.24) is 10.2 Å². The van der Waals surface area contributed by atoms with E-state index < -0.39 is 6.04 Å². The average molecular weight is 447 g/mol. The zero-order valence-electron chi connectivity index (χ0n) is 18.0. The first-order valence-electron chi connectivity index (χ1n) is 10.4. The molecule has 0 fully saturated rings. The number of hydrogen-bond donors (Lipinski definition) is 1. The van der Waals surface area contributed by atoms with Crippen LogP contribution >= 0.6 is 23.4 Å². The third kappa shape index (κ3) is 7.69. The first kappa shape index (κ1) is 24.3. The first-order chi connectivity index (χ1) is 14.4. The molecule has 0 unspecified atom stereocenters. The molecule has 1 N–H and O–H groups in total. The lowest BCUT2D eigenvalue weighted by Gasteiger charge is -2.30. The summed E-state index contributed by atoms with van der Waals surface area (Å²) in [5, 5.41) is 3.59. The zero-order chi connectivity index (χ0) is 21.9. The normalized spacial score (nSPS) is 11.7. The van der Waals surface area contributed by atoms with Gasteiger partial charge in [0, 0.05) is 23.9 Å². The van der Waals surface area contributed by atoms with Crippen LogP contribution in [0.2, 0.25) is 5.02 Å². The molecule has 2 aromatic rings. The Morgan fingerprint density at radius 1 is 1.10 bits per heavy atom. The third-order valence-electron chi connectivity index (χ3n) is 4.78. The number of nitrogens with zero attached hydrogens (tertiary/aromatic N) is 1. The number of hydrogen-bond acceptors (Lipinski definition) is 3. The van der Waals surface area contributed by atoms with Gasteiger partial charge >= 0.3 is 0 Å². The summed E-state index contributed by atoms with van der Waals surface area (Å²) in [4.78, 5) is 27.6. The van der Waals surface area contributed by atoms with Crippen LogP contribution in [0.1, 0.15) is 43.4 Å². The van der Waals surface area contributed by atoms with Crippen LogP contribution in [0, 0.1) is 6.92 Å². The van der Waals surface area contributed by atoms with E-state index in [-0.39, 0.29) is 11.8 Å². The van der Waals surface area contributed by atoms with Gasteiger partial charge in [0.25, 0.3) is 0 Å². The van der Waals surface area contributed by atoms with Crippen LogP contribution in [0.25, 0.3) is 0 Å². The number of halogens is 1. The van der Waals surface area contributed by atoms with Crippen LogP contribution in [0.5, 0.6) is 0 Å². The zero-order valence-corrected chi connectivity index (χ0v) is 19.6. The molecule has 0 spiro atoms. The Morgan fingerprint density at radius 2 is 1.83 bits per heavy atom. The summed E-state index contributed by atoms with van der Waals surface area (Å²) in [6, 6.07) is 15.2. The van der Waals surface area contributed by atoms with Crippen molar-refractivity contribution < 1.29 is 9.59 Å². The summed E-state index contributed by atoms with van der Waals surface area (Å²) >= 11 is 7.58. The molecular weight excluding hydrogens is 416 g/mol. The Bertz CT molecular complexity index is 826. The predicted molar refractivity (Wildman–Crippen MR) is 127 cm³/mol. The molecule has 1 atom stereocenters. The molecule has 0 aliphatic rings. The van der Waals surface area contributed by atoms with Gasteiger partial charge in [-0.2, -0.15) is 0 Å². The second-order valence-electron chi connectivity index (χ2n) is 7.35. The van der Waals surface area contributed by atoms with Crippen LogP contribution in [-0.2, 0) is 21.9 Å². The highest BCUT2D eigenvalue weighted by Gasteiger charge is 2.28. The van der Waals surface area contributed by atoms with E-state index in [1.54, 1.807) is 16.7 Å². The highest BCUT2D eigenvalue weighted by atomic mass is 35.5. The molecule has 0 heterocycles. The van der Waals surface area contributed by atoms with Crippen LogP contribution in [0.3, 0.4) is 0 Å². The Morgan fingerprint density at radius 3 is 2.47 bits per heavy atom. The number of amides is 2. The second-order valence-corrected chi connectivity index (χ2v) is 8.77. The number of thioether (sulfide) groups is 1. The fourth-order valence-electron chi connectivity index (χ4n) is 3.21. The number of carbonyl (C=O) groups is 2. The standard InChI is InChI=1S/C24H31ClN2O2S/c1-4-13-26-24(29)22(5-2)27(15-19-9-11-21(25)12-10-19)23(28)17-30-16-20-8-6-7-18(3)14-20/h6-12,14,22H,4-5,13,15-17H2,1-3H3,(H,26,29)/t22-/m0/s1. The summed E-state index contributed by atoms with van der Waals surface area (Å²) in [6.45, 7) is 7.02. The van der Waals surface area contributed by atoms with Crippen molar-refractivity contribution in [1.29, 1.82) is 0 Å². The Kier molecular flexibility index (Phi) is 10.2. The van der Waals surface area contributed by atoms with E-state index >= 15 is 0 Å². The quantitative estimate of drug-likeness (QED) is 0.515. The number of rotatable bonds is 11. The molecule has 4 nitrogen and oxygen atoms in total. The van der Waals surface area contributed by atoms with E-state index in [0.717, 1.165) is 17.7 Å². The lowest BCUT2D eigenvalue weighted by Crippen LogP contribution is -2.49. The van der Waals surface area contributed by atoms with Crippen LogP contribution in [0.4, 0.5) is 0 Å². The maximum atomic E-state index is 13.1. The van der Waals surface area contributed by atoms with Crippen LogP contribution < -0.4 is 5.32 Å². The molecular formula is C24H31ClN2O2S. The van der Waals surface area contributed by atoms with Crippen molar-refractivity contribution in [3.8, 4) is 0 Å². The van der Waals surface area contributed by atoms with Gasteiger partial charge in [0.1, 0.15) is 6.04 Å². The maximum Gasteiger partial charge on any atom is 0.242 e. The van der Waals surface area contributed by atoms with Gasteiger partial charge < -0.3 is 10.2 Å². The molecule has 30 heavy (non-hydrogen) atoms. The SMILES string of the molecule is CCCNC(=O)[C@H](CC)N(Cc1ccc(Cl)cc1)C(=O)CSCc1cccc(C)c1. The molecule has 0 saturated heterocycles. The van der Waals surface area contributed by atoms with Gasteiger partial charge in [0.05, 0.1) is 5.75 Å². The van der Waals surface area contributed by atoms with Gasteiger partial charge in [0.15, 0.2) is 0 Å². The summed E-state index contributed by atoms with van der Waals surface area (Å²) in [5.41, 5.74) is 3.37. The van der Waals surface area contributed by atoms with Crippen molar-refractivity contribution in [2.24, 2.45) is 0 Å². The smallest absolute Gasteiger partial charge is 0.242 e. The van der Waals surface area contributed by atoms with E-state index in [0.29, 0.717) is 30.3 Å². The Balaban J connectivity index is 2.10.